The van der Waals surface area contributed by atoms with Gasteiger partial charge in [0.05, 0.1) is 11.0 Å². The minimum Gasteiger partial charge on any atom is -0.483 e. The summed E-state index contributed by atoms with van der Waals surface area (Å²) in [6, 6.07) is 3.02. The lowest BCUT2D eigenvalue weighted by molar-refractivity contribution is -0.386. The molecule has 0 heterocycles. The molecule has 1 fully saturated rings. The van der Waals surface area contributed by atoms with Crippen LogP contribution in [0.15, 0.2) is 18.2 Å². The second kappa shape index (κ2) is 6.59. The number of ether oxygens (including phenoxy) is 1. The van der Waals surface area contributed by atoms with E-state index in [1.54, 1.807) is 0 Å². The maximum absolute atomic E-state index is 13.2. The van der Waals surface area contributed by atoms with Crippen LogP contribution >= 0.6 is 0 Å². The van der Waals surface area contributed by atoms with Gasteiger partial charge in [0.2, 0.25) is 0 Å². The highest BCUT2D eigenvalue weighted by atomic mass is 19.1. The Balaban J connectivity index is 2.01. The molecule has 8 heteroatoms. The maximum Gasteiger partial charge on any atom is 0.407 e. The molecule has 1 aromatic rings. The molecule has 0 bridgehead atoms. The van der Waals surface area contributed by atoms with Crippen molar-refractivity contribution in [2.75, 3.05) is 7.05 Å². The fourth-order valence-corrected chi connectivity index (χ4v) is 2.62. The summed E-state index contributed by atoms with van der Waals surface area (Å²) < 4.78 is 18.8. The van der Waals surface area contributed by atoms with Gasteiger partial charge in [-0.05, 0) is 31.7 Å². The highest BCUT2D eigenvalue weighted by Crippen LogP contribution is 2.32. The smallest absolute Gasteiger partial charge is 0.407 e. The van der Waals surface area contributed by atoms with Crippen molar-refractivity contribution in [1.29, 1.82) is 0 Å². The number of benzene rings is 1. The Morgan fingerprint density at radius 1 is 1.41 bits per heavy atom. The molecule has 1 amide bonds. The highest BCUT2D eigenvalue weighted by Gasteiger charge is 2.28. The average molecular weight is 312 g/mol. The van der Waals surface area contributed by atoms with Crippen molar-refractivity contribution in [2.45, 2.75) is 37.8 Å². The highest BCUT2D eigenvalue weighted by molar-refractivity contribution is 5.64. The van der Waals surface area contributed by atoms with E-state index >= 15 is 0 Å². The van der Waals surface area contributed by atoms with Crippen molar-refractivity contribution in [3.05, 3.63) is 34.1 Å². The average Bonchev–Trinajstić information content (AvgIpc) is 2.47. The van der Waals surface area contributed by atoms with Gasteiger partial charge < -0.3 is 14.7 Å². The van der Waals surface area contributed by atoms with Crippen LogP contribution in [0, 0.1) is 15.9 Å². The normalized spacial score (nSPS) is 21.2. The second-order valence-electron chi connectivity index (χ2n) is 5.31. The first-order chi connectivity index (χ1) is 10.4. The zero-order valence-corrected chi connectivity index (χ0v) is 12.1. The molecule has 1 aliphatic rings. The molecule has 1 saturated carbocycles. The molecule has 22 heavy (non-hydrogen) atoms. The number of nitro groups is 1. The second-order valence-corrected chi connectivity index (χ2v) is 5.31. The largest absolute Gasteiger partial charge is 0.483 e. The summed E-state index contributed by atoms with van der Waals surface area (Å²) in [6.07, 6.45) is 1.09. The van der Waals surface area contributed by atoms with Gasteiger partial charge in [-0.1, -0.05) is 0 Å². The molecule has 1 N–H and O–H groups in total. The number of amides is 1. The summed E-state index contributed by atoms with van der Waals surface area (Å²) >= 11 is 0. The van der Waals surface area contributed by atoms with Gasteiger partial charge in [0.1, 0.15) is 5.82 Å². The molecule has 0 aromatic heterocycles. The third kappa shape index (κ3) is 3.63. The number of halogens is 1. The van der Waals surface area contributed by atoms with Crippen molar-refractivity contribution in [3.63, 3.8) is 0 Å². The molecule has 1 aliphatic carbocycles. The zero-order valence-electron chi connectivity index (χ0n) is 12.1. The van der Waals surface area contributed by atoms with Gasteiger partial charge in [0, 0.05) is 25.2 Å². The molecular formula is C14H17FN2O5. The first-order valence-electron chi connectivity index (χ1n) is 6.95. The van der Waals surface area contributed by atoms with Crippen LogP contribution in [-0.2, 0) is 0 Å². The Bertz CT molecular complexity index is 572. The van der Waals surface area contributed by atoms with Crippen LogP contribution in [0.2, 0.25) is 0 Å². The summed E-state index contributed by atoms with van der Waals surface area (Å²) in [4.78, 5) is 22.5. The lowest BCUT2D eigenvalue weighted by Gasteiger charge is -2.33. The fourth-order valence-electron chi connectivity index (χ4n) is 2.62. The first kappa shape index (κ1) is 16.0. The molecule has 2 rings (SSSR count). The Morgan fingerprint density at radius 2 is 2.05 bits per heavy atom. The zero-order chi connectivity index (χ0) is 16.3. The predicted octanol–water partition coefficient (Wildman–Crippen LogP) is 3.03. The van der Waals surface area contributed by atoms with Crippen LogP contribution in [0.1, 0.15) is 25.7 Å². The van der Waals surface area contributed by atoms with Crippen LogP contribution in [0.4, 0.5) is 14.9 Å². The lowest BCUT2D eigenvalue weighted by Crippen LogP contribution is -2.40. The van der Waals surface area contributed by atoms with Crippen molar-refractivity contribution < 1.29 is 24.0 Å². The standard InChI is InChI=1S/C14H17FN2O5/c1-16(14(18)19)10-3-5-11(6-4-10)22-13-8-9(15)2-7-12(13)17(20)21/h2,7-8,10-11H,3-6H2,1H3,(H,18,19)/t10-,11-. The van der Waals surface area contributed by atoms with Crippen LogP contribution in [0.25, 0.3) is 0 Å². The Kier molecular flexibility index (Phi) is 4.79. The molecular weight excluding hydrogens is 295 g/mol. The molecule has 0 unspecified atom stereocenters. The third-order valence-corrected chi connectivity index (χ3v) is 3.91. The van der Waals surface area contributed by atoms with Crippen LogP contribution in [0.5, 0.6) is 5.75 Å². The molecule has 0 aliphatic heterocycles. The Labute approximate surface area is 126 Å². The Hall–Kier alpha value is -2.38. The molecule has 0 atom stereocenters. The van der Waals surface area contributed by atoms with E-state index in [9.17, 15) is 19.3 Å². The monoisotopic (exact) mass is 312 g/mol. The van der Waals surface area contributed by atoms with Gasteiger partial charge >= 0.3 is 11.8 Å². The number of nitrogens with zero attached hydrogens (tertiary/aromatic N) is 2. The quantitative estimate of drug-likeness (QED) is 0.681. The third-order valence-electron chi connectivity index (χ3n) is 3.91. The maximum atomic E-state index is 13.2. The van der Waals surface area contributed by atoms with E-state index in [0.717, 1.165) is 18.2 Å². The van der Waals surface area contributed by atoms with E-state index in [4.69, 9.17) is 9.84 Å². The first-order valence-corrected chi connectivity index (χ1v) is 6.95. The summed E-state index contributed by atoms with van der Waals surface area (Å²) in [6.45, 7) is 0. The SMILES string of the molecule is CN(C(=O)O)[C@H]1CC[C@H](Oc2cc(F)ccc2[N+](=O)[O-])CC1. The topological polar surface area (TPSA) is 92.9 Å². The number of nitro benzene ring substituents is 1. The van der Waals surface area contributed by atoms with Gasteiger partial charge in [-0.25, -0.2) is 9.18 Å². The lowest BCUT2D eigenvalue weighted by atomic mass is 9.92. The van der Waals surface area contributed by atoms with E-state index in [0.29, 0.717) is 25.7 Å². The molecule has 0 spiro atoms. The van der Waals surface area contributed by atoms with Crippen LogP contribution in [0.3, 0.4) is 0 Å². The van der Waals surface area contributed by atoms with Crippen molar-refractivity contribution >= 4 is 11.8 Å². The van der Waals surface area contributed by atoms with Crippen molar-refractivity contribution in [1.82, 2.24) is 4.90 Å². The van der Waals surface area contributed by atoms with E-state index in [1.165, 1.54) is 11.9 Å². The van der Waals surface area contributed by atoms with E-state index < -0.39 is 16.8 Å². The van der Waals surface area contributed by atoms with Crippen molar-refractivity contribution in [3.8, 4) is 5.75 Å². The summed E-state index contributed by atoms with van der Waals surface area (Å²) in [7, 11) is 1.52. The van der Waals surface area contributed by atoms with E-state index in [2.05, 4.69) is 0 Å². The van der Waals surface area contributed by atoms with E-state index in [1.807, 2.05) is 0 Å². The fraction of sp³-hybridized carbons (Fsp3) is 0.500. The van der Waals surface area contributed by atoms with Gasteiger partial charge in [0.25, 0.3) is 0 Å². The molecule has 0 saturated heterocycles. The Morgan fingerprint density at radius 3 is 2.59 bits per heavy atom. The number of carboxylic acid groups (broad SMARTS) is 1. The van der Waals surface area contributed by atoms with Crippen LogP contribution in [-0.4, -0.2) is 40.2 Å². The molecule has 7 nitrogen and oxygen atoms in total. The van der Waals surface area contributed by atoms with Crippen molar-refractivity contribution in [2.24, 2.45) is 0 Å². The van der Waals surface area contributed by atoms with Gasteiger partial charge in [-0.2, -0.15) is 0 Å². The minimum absolute atomic E-state index is 0.0833. The minimum atomic E-state index is -0.981. The van der Waals surface area contributed by atoms with E-state index in [-0.39, 0.29) is 23.6 Å². The van der Waals surface area contributed by atoms with Gasteiger partial charge in [-0.15, -0.1) is 0 Å². The predicted molar refractivity (Wildman–Crippen MR) is 75.5 cm³/mol. The van der Waals surface area contributed by atoms with Crippen LogP contribution < -0.4 is 4.74 Å². The summed E-state index contributed by atoms with van der Waals surface area (Å²) in [5.41, 5.74) is -0.272. The summed E-state index contributed by atoms with van der Waals surface area (Å²) in [5, 5.41) is 19.9. The number of hydrogen-bond donors (Lipinski definition) is 1. The van der Waals surface area contributed by atoms with Gasteiger partial charge in [-0.3, -0.25) is 10.1 Å². The molecule has 120 valence electrons. The number of carbonyl (C=O) groups is 1. The molecule has 1 aromatic carbocycles. The number of rotatable bonds is 4. The molecule has 0 radical (unpaired) electrons. The number of hydrogen-bond acceptors (Lipinski definition) is 4. The van der Waals surface area contributed by atoms with Gasteiger partial charge in [0.15, 0.2) is 5.75 Å². The summed E-state index contributed by atoms with van der Waals surface area (Å²) in [5.74, 6) is -0.681.